The molecule has 0 radical (unpaired) electrons. The Morgan fingerprint density at radius 1 is 1.19 bits per heavy atom. The largest absolute Gasteiger partial charge is 0.358 e. The Labute approximate surface area is 159 Å². The van der Waals surface area contributed by atoms with E-state index < -0.39 is 0 Å². The molecule has 0 spiro atoms. The molecule has 2 aromatic rings. The predicted octanol–water partition coefficient (Wildman–Crippen LogP) is 3.01. The van der Waals surface area contributed by atoms with Crippen LogP contribution in [0.25, 0.3) is 11.3 Å². The molecular weight excluding hydrogens is 346 g/mol. The zero-order valence-electron chi connectivity index (χ0n) is 15.1. The van der Waals surface area contributed by atoms with Crippen LogP contribution in [-0.4, -0.2) is 27.3 Å². The maximum atomic E-state index is 12.3. The van der Waals surface area contributed by atoms with Crippen molar-refractivity contribution in [2.75, 3.05) is 0 Å². The van der Waals surface area contributed by atoms with E-state index in [-0.39, 0.29) is 5.91 Å². The van der Waals surface area contributed by atoms with Crippen LogP contribution >= 0.6 is 12.2 Å². The number of thiocarbonyl (C=S) groups is 1. The van der Waals surface area contributed by atoms with Crippen LogP contribution in [-0.2, 0) is 0 Å². The number of carbonyl (C=O) groups excluding carboxylic acids is 1. The smallest absolute Gasteiger partial charge is 0.287 e. The first-order valence-electron chi connectivity index (χ1n) is 9.02. The predicted molar refractivity (Wildman–Crippen MR) is 106 cm³/mol. The van der Waals surface area contributed by atoms with Gasteiger partial charge in [0.25, 0.3) is 5.91 Å². The molecule has 1 amide bonds. The lowest BCUT2D eigenvalue weighted by Crippen LogP contribution is -2.52. The van der Waals surface area contributed by atoms with Gasteiger partial charge in [-0.3, -0.25) is 20.7 Å². The van der Waals surface area contributed by atoms with Crippen LogP contribution in [0.5, 0.6) is 0 Å². The lowest BCUT2D eigenvalue weighted by atomic mass is 9.78. The molecule has 1 aliphatic rings. The number of rotatable bonds is 3. The fourth-order valence-electron chi connectivity index (χ4n) is 3.37. The standard InChI is InChI=1S/C19H25N5OS/c1-12-7-6-10-15(13(12)2)20-19(26)24-23-18(25)17-11-16(21-22-17)14-8-4-3-5-9-14/h3-5,8-9,11-13,15H,6-7,10H2,1-2H3,(H,21,22)(H,23,25)(H2,20,24,26)/t12-,13+,15+/m0/s1. The van der Waals surface area contributed by atoms with Gasteiger partial charge in [0, 0.05) is 11.6 Å². The van der Waals surface area contributed by atoms with Gasteiger partial charge in [-0.1, -0.05) is 57.0 Å². The summed E-state index contributed by atoms with van der Waals surface area (Å²) < 4.78 is 0. The first kappa shape index (κ1) is 18.4. The van der Waals surface area contributed by atoms with Crippen molar-refractivity contribution in [2.24, 2.45) is 11.8 Å². The zero-order chi connectivity index (χ0) is 18.5. The molecule has 7 heteroatoms. The summed E-state index contributed by atoms with van der Waals surface area (Å²) in [6.07, 6.45) is 3.57. The molecule has 4 N–H and O–H groups in total. The van der Waals surface area contributed by atoms with Gasteiger partial charge in [-0.05, 0) is 36.5 Å². The average molecular weight is 372 g/mol. The number of nitrogens with zero attached hydrogens (tertiary/aromatic N) is 1. The Balaban J connectivity index is 1.51. The first-order valence-corrected chi connectivity index (χ1v) is 9.43. The molecular formula is C19H25N5OS. The molecule has 26 heavy (non-hydrogen) atoms. The molecule has 1 aliphatic carbocycles. The van der Waals surface area contributed by atoms with E-state index in [4.69, 9.17) is 12.2 Å². The summed E-state index contributed by atoms with van der Waals surface area (Å²) in [6.45, 7) is 4.53. The van der Waals surface area contributed by atoms with E-state index in [0.29, 0.717) is 28.7 Å². The van der Waals surface area contributed by atoms with Gasteiger partial charge in [0.2, 0.25) is 0 Å². The molecule has 0 bridgehead atoms. The average Bonchev–Trinajstić information content (AvgIpc) is 3.14. The molecule has 0 unspecified atom stereocenters. The number of H-pyrrole nitrogens is 1. The van der Waals surface area contributed by atoms with Gasteiger partial charge in [0.15, 0.2) is 5.11 Å². The first-order chi connectivity index (χ1) is 12.5. The number of hydrogen-bond acceptors (Lipinski definition) is 3. The summed E-state index contributed by atoms with van der Waals surface area (Å²) in [5, 5.41) is 10.7. The number of aromatic nitrogens is 2. The number of carbonyl (C=O) groups is 1. The van der Waals surface area contributed by atoms with E-state index in [1.807, 2.05) is 30.3 Å². The minimum atomic E-state index is -0.311. The maximum Gasteiger partial charge on any atom is 0.287 e. The number of aromatic amines is 1. The summed E-state index contributed by atoms with van der Waals surface area (Å²) in [4.78, 5) is 12.3. The van der Waals surface area contributed by atoms with Crippen LogP contribution in [0.2, 0.25) is 0 Å². The summed E-state index contributed by atoms with van der Waals surface area (Å²) in [5.41, 5.74) is 7.45. The van der Waals surface area contributed by atoms with Crippen molar-refractivity contribution in [3.05, 3.63) is 42.1 Å². The number of hydrazine groups is 1. The number of benzene rings is 1. The third-order valence-electron chi connectivity index (χ3n) is 5.20. The molecule has 3 rings (SSSR count). The Kier molecular flexibility index (Phi) is 5.88. The third-order valence-corrected chi connectivity index (χ3v) is 5.42. The van der Waals surface area contributed by atoms with E-state index in [1.165, 1.54) is 12.8 Å². The lowest BCUT2D eigenvalue weighted by Gasteiger charge is -2.35. The summed E-state index contributed by atoms with van der Waals surface area (Å²) >= 11 is 5.31. The van der Waals surface area contributed by atoms with Gasteiger partial charge in [-0.25, -0.2) is 0 Å². The second-order valence-corrected chi connectivity index (χ2v) is 7.37. The maximum absolute atomic E-state index is 12.3. The molecule has 1 fully saturated rings. The molecule has 1 aromatic carbocycles. The van der Waals surface area contributed by atoms with Crippen LogP contribution in [0.1, 0.15) is 43.6 Å². The zero-order valence-corrected chi connectivity index (χ0v) is 15.9. The highest BCUT2D eigenvalue weighted by molar-refractivity contribution is 7.80. The second kappa shape index (κ2) is 8.31. The van der Waals surface area contributed by atoms with E-state index in [2.05, 4.69) is 40.2 Å². The van der Waals surface area contributed by atoms with Gasteiger partial charge in [0.1, 0.15) is 5.69 Å². The van der Waals surface area contributed by atoms with Crippen molar-refractivity contribution in [1.82, 2.24) is 26.4 Å². The van der Waals surface area contributed by atoms with E-state index in [1.54, 1.807) is 6.07 Å². The highest BCUT2D eigenvalue weighted by atomic mass is 32.1. The van der Waals surface area contributed by atoms with Gasteiger partial charge in [0.05, 0.1) is 5.69 Å². The molecule has 0 aliphatic heterocycles. The number of nitrogens with one attached hydrogen (secondary N) is 4. The van der Waals surface area contributed by atoms with E-state index in [0.717, 1.165) is 17.7 Å². The van der Waals surface area contributed by atoms with Gasteiger partial charge < -0.3 is 5.32 Å². The van der Waals surface area contributed by atoms with Crippen molar-refractivity contribution < 1.29 is 4.79 Å². The normalized spacial score (nSPS) is 22.5. The van der Waals surface area contributed by atoms with Gasteiger partial charge in [-0.2, -0.15) is 5.10 Å². The van der Waals surface area contributed by atoms with Crippen LogP contribution < -0.4 is 16.2 Å². The molecule has 1 heterocycles. The van der Waals surface area contributed by atoms with Crippen molar-refractivity contribution in [3.63, 3.8) is 0 Å². The molecule has 1 aromatic heterocycles. The van der Waals surface area contributed by atoms with Crippen molar-refractivity contribution in [2.45, 2.75) is 39.2 Å². The molecule has 6 nitrogen and oxygen atoms in total. The third kappa shape index (κ3) is 4.40. The minimum Gasteiger partial charge on any atom is -0.358 e. The van der Waals surface area contributed by atoms with E-state index in [9.17, 15) is 4.79 Å². The van der Waals surface area contributed by atoms with Gasteiger partial charge in [-0.15, -0.1) is 0 Å². The van der Waals surface area contributed by atoms with Gasteiger partial charge >= 0.3 is 0 Å². The second-order valence-electron chi connectivity index (χ2n) is 6.96. The molecule has 138 valence electrons. The SMILES string of the molecule is C[C@@H]1[C@@H](C)CCC[C@H]1NC(=S)NNC(=O)c1cc(-c2ccccc2)n[nH]1. The van der Waals surface area contributed by atoms with Crippen molar-refractivity contribution in [3.8, 4) is 11.3 Å². The molecule has 3 atom stereocenters. The lowest BCUT2D eigenvalue weighted by molar-refractivity contribution is 0.0938. The van der Waals surface area contributed by atoms with Crippen LogP contribution in [0, 0.1) is 11.8 Å². The number of hydrogen-bond donors (Lipinski definition) is 4. The quantitative estimate of drug-likeness (QED) is 0.493. The molecule has 0 saturated heterocycles. The van der Waals surface area contributed by atoms with Crippen LogP contribution in [0.3, 0.4) is 0 Å². The Morgan fingerprint density at radius 2 is 1.96 bits per heavy atom. The Morgan fingerprint density at radius 3 is 2.73 bits per heavy atom. The highest BCUT2D eigenvalue weighted by Crippen LogP contribution is 2.29. The van der Waals surface area contributed by atoms with Crippen LogP contribution in [0.4, 0.5) is 0 Å². The number of amides is 1. The van der Waals surface area contributed by atoms with E-state index >= 15 is 0 Å². The fraction of sp³-hybridized carbons (Fsp3) is 0.421. The fourth-order valence-corrected chi connectivity index (χ4v) is 3.57. The van der Waals surface area contributed by atoms with Crippen molar-refractivity contribution >= 4 is 23.2 Å². The topological polar surface area (TPSA) is 81.8 Å². The highest BCUT2D eigenvalue weighted by Gasteiger charge is 2.27. The summed E-state index contributed by atoms with van der Waals surface area (Å²) in [6, 6.07) is 11.8. The molecule has 1 saturated carbocycles. The Hall–Kier alpha value is -2.41. The minimum absolute atomic E-state index is 0.311. The van der Waals surface area contributed by atoms with Crippen LogP contribution in [0.15, 0.2) is 36.4 Å². The summed E-state index contributed by atoms with van der Waals surface area (Å²) in [7, 11) is 0. The Bertz CT molecular complexity index is 760. The monoisotopic (exact) mass is 371 g/mol. The van der Waals surface area contributed by atoms with Crippen molar-refractivity contribution in [1.29, 1.82) is 0 Å². The summed E-state index contributed by atoms with van der Waals surface area (Å²) in [5.74, 6) is 0.925.